The summed E-state index contributed by atoms with van der Waals surface area (Å²) in [7, 11) is 0. The van der Waals surface area contributed by atoms with E-state index in [1.54, 1.807) is 0 Å². The Morgan fingerprint density at radius 1 is 1.05 bits per heavy atom. The number of cyclic esters (lactones) is 1. The van der Waals surface area contributed by atoms with E-state index in [9.17, 15) is 47.0 Å². The lowest BCUT2D eigenvalue weighted by atomic mass is 9.92. The summed E-state index contributed by atoms with van der Waals surface area (Å²) in [5, 5.41) is 28.3. The van der Waals surface area contributed by atoms with Crippen LogP contribution in [0.4, 0.5) is 17.6 Å². The molecule has 3 heterocycles. The number of phenolic OH excluding ortho intramolecular Hbond substituents is 1. The molecule has 232 valence electrons. The fourth-order valence-electron chi connectivity index (χ4n) is 4.64. The molecule has 2 aliphatic rings. The van der Waals surface area contributed by atoms with Gasteiger partial charge in [-0.3, -0.25) is 19.2 Å². The minimum absolute atomic E-state index is 0.239. The van der Waals surface area contributed by atoms with E-state index in [4.69, 9.17) is 9.47 Å². The van der Waals surface area contributed by atoms with Crippen molar-refractivity contribution in [3.63, 3.8) is 0 Å². The molecular weight excluding hydrogens is 584 g/mol. The van der Waals surface area contributed by atoms with Gasteiger partial charge < -0.3 is 35.6 Å². The van der Waals surface area contributed by atoms with Crippen molar-refractivity contribution in [3.8, 4) is 5.75 Å². The fourth-order valence-corrected chi connectivity index (χ4v) is 4.64. The highest BCUT2D eigenvalue weighted by molar-refractivity contribution is 6.00. The van der Waals surface area contributed by atoms with Crippen molar-refractivity contribution in [2.24, 2.45) is 5.92 Å². The predicted molar refractivity (Wildman–Crippen MR) is 136 cm³/mol. The van der Waals surface area contributed by atoms with E-state index < -0.39 is 107 Å². The minimum Gasteiger partial charge on any atom is -0.507 e. The second kappa shape index (κ2) is 12.9. The van der Waals surface area contributed by atoms with Crippen LogP contribution in [0.25, 0.3) is 0 Å². The minimum atomic E-state index is -2.11. The number of nitrogens with one attached hydrogen (secondary N) is 3. The van der Waals surface area contributed by atoms with Gasteiger partial charge in [0.25, 0.3) is 17.8 Å². The van der Waals surface area contributed by atoms with Crippen LogP contribution in [0.2, 0.25) is 0 Å². The smallest absolute Gasteiger partial charge is 0.312 e. The Bertz CT molecular complexity index is 1430. The number of esters is 1. The molecule has 0 saturated carbocycles. The standard InChI is InChI=1S/C27H28F4N4O8/c1-10-20(37)14(9-13-17(28)18(29)23(31)35-22(13)30)33-25(39)19(34-24(38)12-5-3-4-6-15(12)36)11(2)32-26(40)21(43-27(10)41)16-7-8-42-16/h3-6,10-11,14,16,19-21,36-37H,7-9H2,1-2H3,(H,32,40)(H,33,39)(H,34,38)/t10-,11-,14+,16?,19+,20+,21?/m1/s1. The van der Waals surface area contributed by atoms with E-state index in [2.05, 4.69) is 20.9 Å². The molecular formula is C27H28F4N4O8. The van der Waals surface area contributed by atoms with Crippen molar-refractivity contribution in [3.05, 3.63) is 58.9 Å². The number of amides is 3. The maximum Gasteiger partial charge on any atom is 0.312 e. The van der Waals surface area contributed by atoms with Gasteiger partial charge in [0.15, 0.2) is 5.82 Å². The number of hydrogen-bond donors (Lipinski definition) is 5. The van der Waals surface area contributed by atoms with E-state index in [-0.39, 0.29) is 12.2 Å². The van der Waals surface area contributed by atoms with Crippen molar-refractivity contribution in [2.75, 3.05) is 6.61 Å². The van der Waals surface area contributed by atoms with E-state index in [1.807, 2.05) is 0 Å². The summed E-state index contributed by atoms with van der Waals surface area (Å²) in [6.07, 6.45) is -5.06. The SMILES string of the molecule is C[C@H]1NC(=O)C(C2CCO2)OC(=O)[C@H](C)[C@H](O)[C@H](Cc2c(F)nc(F)c(F)c2F)NC(=O)[C@H]1NC(=O)c1ccccc1O. The van der Waals surface area contributed by atoms with Crippen LogP contribution in [0.1, 0.15) is 36.2 Å². The van der Waals surface area contributed by atoms with Crippen LogP contribution < -0.4 is 16.0 Å². The number of hydrogen-bond acceptors (Lipinski definition) is 9. The topological polar surface area (TPSA) is 176 Å². The number of aromatic hydroxyl groups is 1. The molecule has 0 radical (unpaired) electrons. The molecule has 4 rings (SSSR count). The van der Waals surface area contributed by atoms with Gasteiger partial charge in [0.1, 0.15) is 17.9 Å². The number of carbonyl (C=O) groups excluding carboxylic acids is 4. The van der Waals surface area contributed by atoms with Gasteiger partial charge >= 0.3 is 5.97 Å². The van der Waals surface area contributed by atoms with Crippen LogP contribution in [0.3, 0.4) is 0 Å². The zero-order chi connectivity index (χ0) is 31.6. The van der Waals surface area contributed by atoms with Crippen molar-refractivity contribution < 1.29 is 56.4 Å². The number of rotatable bonds is 5. The van der Waals surface area contributed by atoms with E-state index in [0.29, 0.717) is 6.42 Å². The Balaban J connectivity index is 1.73. The van der Waals surface area contributed by atoms with E-state index in [1.165, 1.54) is 31.2 Å². The number of phenols is 1. The summed E-state index contributed by atoms with van der Waals surface area (Å²) < 4.78 is 67.1. The molecule has 0 bridgehead atoms. The predicted octanol–water partition coefficient (Wildman–Crippen LogP) is 0.386. The van der Waals surface area contributed by atoms with Crippen LogP contribution in [0.15, 0.2) is 24.3 Å². The first-order valence-electron chi connectivity index (χ1n) is 13.2. The lowest BCUT2D eigenvalue weighted by molar-refractivity contribution is -0.184. The summed E-state index contributed by atoms with van der Waals surface area (Å²) in [4.78, 5) is 55.3. The molecule has 2 aliphatic heterocycles. The number of halogens is 4. The second-order valence-corrected chi connectivity index (χ2v) is 10.2. The van der Waals surface area contributed by atoms with Crippen LogP contribution in [0.5, 0.6) is 5.75 Å². The zero-order valence-electron chi connectivity index (χ0n) is 22.8. The van der Waals surface area contributed by atoms with E-state index >= 15 is 0 Å². The highest BCUT2D eigenvalue weighted by Gasteiger charge is 2.43. The first kappa shape index (κ1) is 31.6. The lowest BCUT2D eigenvalue weighted by Crippen LogP contribution is -2.63. The van der Waals surface area contributed by atoms with E-state index in [0.717, 1.165) is 6.92 Å². The van der Waals surface area contributed by atoms with Crippen LogP contribution in [-0.2, 0) is 30.3 Å². The Morgan fingerprint density at radius 3 is 2.35 bits per heavy atom. The molecule has 2 saturated heterocycles. The van der Waals surface area contributed by atoms with Gasteiger partial charge in [0, 0.05) is 25.0 Å². The Hall–Kier alpha value is -4.31. The molecule has 43 heavy (non-hydrogen) atoms. The maximum absolute atomic E-state index is 14.6. The number of benzene rings is 1. The number of carbonyl (C=O) groups is 4. The fraction of sp³-hybridized carbons (Fsp3) is 0.444. The first-order valence-corrected chi connectivity index (χ1v) is 13.2. The number of nitrogens with zero attached hydrogens (tertiary/aromatic N) is 1. The number of pyridine rings is 1. The molecule has 5 N–H and O–H groups in total. The van der Waals surface area contributed by atoms with Crippen molar-refractivity contribution in [2.45, 2.75) is 63.1 Å². The first-order chi connectivity index (χ1) is 20.3. The number of aliphatic hydroxyl groups excluding tert-OH is 1. The van der Waals surface area contributed by atoms with Gasteiger partial charge in [-0.15, -0.1) is 0 Å². The number of para-hydroxylation sites is 1. The van der Waals surface area contributed by atoms with Crippen molar-refractivity contribution in [1.29, 1.82) is 0 Å². The molecule has 0 spiro atoms. The second-order valence-electron chi connectivity index (χ2n) is 10.2. The molecule has 1 aromatic carbocycles. The van der Waals surface area contributed by atoms with Gasteiger partial charge in [-0.2, -0.15) is 18.2 Å². The average molecular weight is 613 g/mol. The molecule has 2 fully saturated rings. The highest BCUT2D eigenvalue weighted by Crippen LogP contribution is 2.24. The summed E-state index contributed by atoms with van der Waals surface area (Å²) in [6, 6.07) is 0.668. The van der Waals surface area contributed by atoms with Gasteiger partial charge in [-0.25, -0.2) is 4.39 Å². The number of aromatic nitrogens is 1. The van der Waals surface area contributed by atoms with Gasteiger partial charge in [-0.05, 0) is 26.0 Å². The third-order valence-electron chi connectivity index (χ3n) is 7.29. The van der Waals surface area contributed by atoms with Crippen molar-refractivity contribution >= 4 is 23.7 Å². The number of ether oxygens (including phenoxy) is 2. The zero-order valence-corrected chi connectivity index (χ0v) is 22.8. The summed E-state index contributed by atoms with van der Waals surface area (Å²) >= 11 is 0. The quantitative estimate of drug-likeness (QED) is 0.182. The molecule has 2 unspecified atom stereocenters. The Labute approximate surface area is 241 Å². The van der Waals surface area contributed by atoms with Gasteiger partial charge in [-0.1, -0.05) is 12.1 Å². The molecule has 16 heteroatoms. The Morgan fingerprint density at radius 2 is 1.72 bits per heavy atom. The molecule has 12 nitrogen and oxygen atoms in total. The Kier molecular flexibility index (Phi) is 9.49. The molecule has 7 atom stereocenters. The largest absolute Gasteiger partial charge is 0.507 e. The summed E-state index contributed by atoms with van der Waals surface area (Å²) in [6.45, 7) is 2.72. The highest BCUT2D eigenvalue weighted by atomic mass is 19.2. The van der Waals surface area contributed by atoms with Crippen molar-refractivity contribution in [1.82, 2.24) is 20.9 Å². The average Bonchev–Trinajstić information content (AvgIpc) is 2.93. The molecule has 1 aromatic heterocycles. The third-order valence-corrected chi connectivity index (χ3v) is 7.29. The third kappa shape index (κ3) is 6.69. The van der Waals surface area contributed by atoms with Crippen LogP contribution in [-0.4, -0.2) is 81.9 Å². The van der Waals surface area contributed by atoms with Crippen LogP contribution >= 0.6 is 0 Å². The lowest BCUT2D eigenvalue weighted by Gasteiger charge is -2.37. The normalized spacial score (nSPS) is 28.3. The number of aliphatic hydroxyl groups is 1. The van der Waals surface area contributed by atoms with Gasteiger partial charge in [0.2, 0.25) is 23.8 Å². The molecule has 0 aliphatic carbocycles. The molecule has 2 aromatic rings. The van der Waals surface area contributed by atoms with Gasteiger partial charge in [0.05, 0.1) is 29.7 Å². The van der Waals surface area contributed by atoms with Crippen LogP contribution in [0, 0.1) is 29.4 Å². The molecule has 3 amide bonds. The summed E-state index contributed by atoms with van der Waals surface area (Å²) in [5.74, 6) is -14.0. The monoisotopic (exact) mass is 612 g/mol. The maximum atomic E-state index is 14.6. The summed E-state index contributed by atoms with van der Waals surface area (Å²) in [5.41, 5.74) is -1.38.